The van der Waals surface area contributed by atoms with Crippen LogP contribution in [0, 0.1) is 62.2 Å². The van der Waals surface area contributed by atoms with Gasteiger partial charge in [-0.3, -0.25) is 9.59 Å². The molecule has 2 amide bonds. The molecule has 24 heteroatoms. The zero-order valence-electron chi connectivity index (χ0n) is 40.0. The Bertz CT molecular complexity index is 2820. The van der Waals surface area contributed by atoms with Gasteiger partial charge in [-0.05, 0) is 128 Å². The Balaban J connectivity index is 0.000000211. The van der Waals surface area contributed by atoms with Crippen LogP contribution in [-0.2, 0) is 51.1 Å². The maximum atomic E-state index is 14.1. The van der Waals surface area contributed by atoms with Crippen LogP contribution in [0.4, 0.5) is 26.3 Å². The number of rotatable bonds is 14. The Morgan fingerprint density at radius 3 is 1.26 bits per heavy atom. The monoisotopic (exact) mass is 1050 g/mol. The first-order valence-electron chi connectivity index (χ1n) is 23.1. The van der Waals surface area contributed by atoms with Crippen LogP contribution in [0.2, 0.25) is 0 Å². The molecule has 0 spiro atoms. The predicted octanol–water partition coefficient (Wildman–Crippen LogP) is 8.21. The van der Waals surface area contributed by atoms with E-state index in [1.807, 2.05) is 12.1 Å². The molecule has 4 aromatic rings. The summed E-state index contributed by atoms with van der Waals surface area (Å²) in [5, 5.41) is 28.9. The molecule has 4 fully saturated rings. The highest BCUT2D eigenvalue weighted by molar-refractivity contribution is 7.92. The fraction of sp³-hybridized carbons (Fsp3) is 0.542. The van der Waals surface area contributed by atoms with E-state index in [0.717, 1.165) is 24.3 Å². The summed E-state index contributed by atoms with van der Waals surface area (Å²) in [7, 11) is -8.99. The first kappa shape index (κ1) is 54.0. The lowest BCUT2D eigenvalue weighted by molar-refractivity contribution is -0.140. The number of halogens is 6. The van der Waals surface area contributed by atoms with Gasteiger partial charge in [0.2, 0.25) is 11.8 Å². The van der Waals surface area contributed by atoms with Crippen molar-refractivity contribution in [3.05, 3.63) is 70.4 Å². The van der Waals surface area contributed by atoms with Crippen LogP contribution in [0.5, 0.6) is 0 Å². The van der Waals surface area contributed by atoms with Gasteiger partial charge in [0.25, 0.3) is 0 Å². The average Bonchev–Trinajstić information content (AvgIpc) is 4.04. The summed E-state index contributed by atoms with van der Waals surface area (Å²) in [5.74, 6) is -2.21. The van der Waals surface area contributed by atoms with Crippen molar-refractivity contribution in [3.63, 3.8) is 0 Å². The number of carbonyl (C=O) groups is 2. The van der Waals surface area contributed by atoms with Crippen LogP contribution < -0.4 is 10.6 Å². The predicted molar refractivity (Wildman–Crippen MR) is 242 cm³/mol. The molecule has 0 saturated heterocycles. The summed E-state index contributed by atoms with van der Waals surface area (Å²) in [4.78, 5) is 24.1. The zero-order chi connectivity index (χ0) is 52.9. The Kier molecular flexibility index (Phi) is 14.9. The minimum atomic E-state index is -4.95. The van der Waals surface area contributed by atoms with E-state index in [1.54, 1.807) is 41.5 Å². The van der Waals surface area contributed by atoms with Crippen molar-refractivity contribution >= 4 is 31.5 Å². The van der Waals surface area contributed by atoms with Gasteiger partial charge < -0.3 is 29.2 Å². The van der Waals surface area contributed by atoms with E-state index in [9.17, 15) is 63.3 Å². The SMILES string of the molecule is CCO[C@@H]1C[C@H](S(=O)(=O)c2ccc(-c3c(C)noc3C)cc2C(F)(F)F)C[C@H]1C(=O)NC1(C#N)CC1.CCO[C@H]1C[C@@H](S(=O)(=O)c2ccc(-c3c(C)noc3C)cc2C(F)(F)F)C[C@@H]1C(=O)NC1(C#N)CC1. The van der Waals surface area contributed by atoms with E-state index in [-0.39, 0.29) is 50.0 Å². The van der Waals surface area contributed by atoms with Gasteiger partial charge in [-0.15, -0.1) is 0 Å². The normalized spacial score (nSPS) is 23.3. The van der Waals surface area contributed by atoms with Gasteiger partial charge in [-0.25, -0.2) is 16.8 Å². The third-order valence-corrected chi connectivity index (χ3v) is 18.2. The number of benzene rings is 2. The summed E-state index contributed by atoms with van der Waals surface area (Å²) in [6.07, 6.45) is -10.2. The van der Waals surface area contributed by atoms with Crippen LogP contribution in [-0.4, -0.2) is 86.0 Å². The number of nitriles is 2. The molecule has 0 radical (unpaired) electrons. The highest BCUT2D eigenvalue weighted by atomic mass is 32.2. The zero-order valence-corrected chi connectivity index (χ0v) is 41.6. The standard InChI is InChI=1S/2C24H26F3N3O5S/c2*1-4-34-19-11-16(10-17(19)22(31)29-23(12-28)7-8-23)36(32,33)20-6-5-15(9-18(20)24(25,26)27)21-13(2)30-35-14(21)3/h2*5-6,9,16-17,19H,4,7-8,10-11H2,1-3H3,(H,29,31)/t2*16-,17-,19-/m10/s1. The lowest BCUT2D eigenvalue weighted by Crippen LogP contribution is -2.42. The average molecular weight is 1050 g/mol. The quantitative estimate of drug-likeness (QED) is 0.113. The van der Waals surface area contributed by atoms with Gasteiger partial charge >= 0.3 is 12.4 Å². The summed E-state index contributed by atoms with van der Waals surface area (Å²) in [6, 6.07) is 10.2. The van der Waals surface area contributed by atoms with Crippen molar-refractivity contribution in [1.82, 2.24) is 20.9 Å². The van der Waals surface area contributed by atoms with E-state index >= 15 is 0 Å². The molecular weight excluding hydrogens is 999 g/mol. The molecule has 2 aromatic carbocycles. The number of carbonyl (C=O) groups excluding carboxylic acids is 2. The number of hydrogen-bond acceptors (Lipinski definition) is 14. The molecule has 4 aliphatic rings. The van der Waals surface area contributed by atoms with Crippen molar-refractivity contribution in [2.24, 2.45) is 11.8 Å². The molecule has 0 unspecified atom stereocenters. The number of sulfone groups is 2. The van der Waals surface area contributed by atoms with E-state index in [1.165, 1.54) is 12.1 Å². The molecule has 0 aliphatic heterocycles. The van der Waals surface area contributed by atoms with Crippen molar-refractivity contribution < 1.29 is 71.3 Å². The lowest BCUT2D eigenvalue weighted by Gasteiger charge is -2.20. The van der Waals surface area contributed by atoms with Crippen molar-refractivity contribution in [1.29, 1.82) is 10.5 Å². The number of alkyl halides is 6. The minimum absolute atomic E-state index is 0.128. The number of amides is 2. The van der Waals surface area contributed by atoms with E-state index < -0.39 is 110 Å². The van der Waals surface area contributed by atoms with Crippen molar-refractivity contribution in [3.8, 4) is 34.4 Å². The van der Waals surface area contributed by atoms with E-state index in [2.05, 4.69) is 20.9 Å². The first-order chi connectivity index (χ1) is 33.7. The molecule has 72 heavy (non-hydrogen) atoms. The van der Waals surface area contributed by atoms with Crippen LogP contribution in [0.15, 0.2) is 55.2 Å². The molecule has 2 aromatic heterocycles. The second-order valence-electron chi connectivity index (χ2n) is 18.7. The highest BCUT2D eigenvalue weighted by Gasteiger charge is 2.53. The third kappa shape index (κ3) is 10.8. The summed E-state index contributed by atoms with van der Waals surface area (Å²) < 4.78 is 160. The Morgan fingerprint density at radius 2 is 1.00 bits per heavy atom. The van der Waals surface area contributed by atoms with E-state index in [0.29, 0.717) is 59.7 Å². The molecule has 4 saturated carbocycles. The Morgan fingerprint density at radius 1 is 0.653 bits per heavy atom. The van der Waals surface area contributed by atoms with Crippen LogP contribution >= 0.6 is 0 Å². The van der Waals surface area contributed by atoms with Crippen LogP contribution in [0.25, 0.3) is 22.3 Å². The number of nitrogens with one attached hydrogen (secondary N) is 2. The molecular formula is C48H52F6N6O10S2. The largest absolute Gasteiger partial charge is 0.417 e. The fourth-order valence-electron chi connectivity index (χ4n) is 9.66. The van der Waals surface area contributed by atoms with Crippen LogP contribution in [0.3, 0.4) is 0 Å². The Labute approximate surface area is 411 Å². The molecule has 2 heterocycles. The second kappa shape index (κ2) is 19.9. The van der Waals surface area contributed by atoms with Gasteiger partial charge in [-0.1, -0.05) is 22.4 Å². The maximum Gasteiger partial charge on any atom is 0.417 e. The van der Waals surface area contributed by atoms with Crippen molar-refractivity contribution in [2.45, 2.75) is 149 Å². The molecule has 6 atom stereocenters. The van der Waals surface area contributed by atoms with Gasteiger partial charge in [0.15, 0.2) is 19.7 Å². The molecule has 2 N–H and O–H groups in total. The molecule has 0 bridgehead atoms. The fourth-order valence-corrected chi connectivity index (χ4v) is 13.7. The molecule has 4 aliphatic carbocycles. The number of nitrogens with zero attached hydrogens (tertiary/aromatic N) is 4. The topological polar surface area (TPSA) is 245 Å². The summed E-state index contributed by atoms with van der Waals surface area (Å²) >= 11 is 0. The maximum absolute atomic E-state index is 14.1. The van der Waals surface area contributed by atoms with Gasteiger partial charge in [0, 0.05) is 24.3 Å². The van der Waals surface area contributed by atoms with E-state index in [4.69, 9.17) is 18.5 Å². The number of hydrogen-bond donors (Lipinski definition) is 2. The number of aromatic nitrogens is 2. The smallest absolute Gasteiger partial charge is 0.378 e. The molecule has 16 nitrogen and oxygen atoms in total. The minimum Gasteiger partial charge on any atom is -0.378 e. The summed E-state index contributed by atoms with van der Waals surface area (Å²) in [6.45, 7) is 10.0. The van der Waals surface area contributed by atoms with Crippen molar-refractivity contribution in [2.75, 3.05) is 13.2 Å². The Hall–Kier alpha value is -5.82. The highest BCUT2D eigenvalue weighted by Crippen LogP contribution is 2.46. The second-order valence-corrected chi connectivity index (χ2v) is 23.1. The number of ether oxygens (including phenoxy) is 2. The first-order valence-corrected chi connectivity index (χ1v) is 26.2. The van der Waals surface area contributed by atoms with Gasteiger partial charge in [0.05, 0.1) is 79.0 Å². The van der Waals surface area contributed by atoms with Crippen LogP contribution in [0.1, 0.15) is 99.2 Å². The van der Waals surface area contributed by atoms with Gasteiger partial charge in [0.1, 0.15) is 22.6 Å². The molecule has 388 valence electrons. The summed E-state index contributed by atoms with van der Waals surface area (Å²) in [5.41, 5.74) is -2.72. The number of aryl methyl sites for hydroxylation is 4. The van der Waals surface area contributed by atoms with Gasteiger partial charge in [-0.2, -0.15) is 36.9 Å². The third-order valence-electron chi connectivity index (χ3n) is 13.7. The lowest BCUT2D eigenvalue weighted by atomic mass is 10.0. The molecule has 8 rings (SSSR count).